The molecular weight excluding hydrogens is 362 g/mol. The molecule has 2 aliphatic heterocycles. The second-order valence-corrected chi connectivity index (χ2v) is 7.76. The smallest absolute Gasteiger partial charge is 0.320 e. The van der Waals surface area contributed by atoms with Crippen LogP contribution in [0.3, 0.4) is 0 Å². The molecule has 2 aromatic rings. The zero-order chi connectivity index (χ0) is 18.8. The molecule has 2 heterocycles. The van der Waals surface area contributed by atoms with Gasteiger partial charge in [-0.3, -0.25) is 9.69 Å². The minimum atomic E-state index is -0.749. The Morgan fingerprint density at radius 2 is 1.85 bits per heavy atom. The van der Waals surface area contributed by atoms with E-state index in [0.29, 0.717) is 6.42 Å². The lowest BCUT2D eigenvalue weighted by atomic mass is 9.91. The number of nitrogens with zero attached hydrogens (tertiary/aromatic N) is 1. The molecule has 4 rings (SSSR count). The summed E-state index contributed by atoms with van der Waals surface area (Å²) < 4.78 is 11.0. The van der Waals surface area contributed by atoms with Gasteiger partial charge in [-0.15, -0.1) is 11.8 Å². The molecular formula is C21H23NO4S. The molecule has 0 saturated carbocycles. The molecule has 2 aliphatic rings. The van der Waals surface area contributed by atoms with E-state index in [4.69, 9.17) is 9.47 Å². The van der Waals surface area contributed by atoms with Gasteiger partial charge in [-0.1, -0.05) is 24.6 Å². The summed E-state index contributed by atoms with van der Waals surface area (Å²) in [5.41, 5.74) is 2.13. The molecule has 27 heavy (non-hydrogen) atoms. The van der Waals surface area contributed by atoms with E-state index in [1.807, 2.05) is 18.2 Å². The summed E-state index contributed by atoms with van der Waals surface area (Å²) in [6, 6.07) is 13.7. The Hall–Kier alpha value is -2.18. The van der Waals surface area contributed by atoms with Gasteiger partial charge in [-0.05, 0) is 61.0 Å². The van der Waals surface area contributed by atoms with Gasteiger partial charge in [0.15, 0.2) is 11.5 Å². The van der Waals surface area contributed by atoms with Crippen molar-refractivity contribution >= 4 is 17.7 Å². The Morgan fingerprint density at radius 1 is 1.11 bits per heavy atom. The van der Waals surface area contributed by atoms with E-state index < -0.39 is 12.0 Å². The number of aliphatic carboxylic acids is 1. The molecule has 1 fully saturated rings. The predicted molar refractivity (Wildman–Crippen MR) is 105 cm³/mol. The monoisotopic (exact) mass is 385 g/mol. The zero-order valence-electron chi connectivity index (χ0n) is 15.3. The fourth-order valence-electron chi connectivity index (χ4n) is 3.97. The second kappa shape index (κ2) is 7.82. The van der Waals surface area contributed by atoms with Gasteiger partial charge < -0.3 is 14.6 Å². The van der Waals surface area contributed by atoms with Gasteiger partial charge in [-0.25, -0.2) is 0 Å². The lowest BCUT2D eigenvalue weighted by Gasteiger charge is -2.39. The van der Waals surface area contributed by atoms with Crippen molar-refractivity contribution in [3.8, 4) is 11.5 Å². The predicted octanol–water partition coefficient (Wildman–Crippen LogP) is 4.17. The number of rotatable bonds is 5. The molecule has 1 saturated heterocycles. The van der Waals surface area contributed by atoms with Crippen molar-refractivity contribution in [1.29, 1.82) is 0 Å². The van der Waals surface area contributed by atoms with Crippen LogP contribution in [0.5, 0.6) is 11.5 Å². The molecule has 1 N–H and O–H groups in total. The number of benzene rings is 2. The molecule has 142 valence electrons. The second-order valence-electron chi connectivity index (χ2n) is 6.88. The van der Waals surface area contributed by atoms with Gasteiger partial charge in [0.05, 0.1) is 6.04 Å². The summed E-state index contributed by atoms with van der Waals surface area (Å²) in [7, 11) is 0. The molecule has 0 spiro atoms. The fourth-order valence-corrected chi connectivity index (χ4v) is 4.38. The van der Waals surface area contributed by atoms with Crippen molar-refractivity contribution in [1.82, 2.24) is 4.90 Å². The van der Waals surface area contributed by atoms with Crippen LogP contribution in [0.2, 0.25) is 0 Å². The first kappa shape index (κ1) is 18.2. The normalized spacial score (nSPS) is 20.4. The number of hydrogen-bond donors (Lipinski definition) is 1. The van der Waals surface area contributed by atoms with Crippen LogP contribution in [-0.4, -0.2) is 41.6 Å². The number of carbonyl (C=O) groups is 1. The Balaban J connectivity index is 1.77. The maximum absolute atomic E-state index is 11.9. The number of carboxylic acid groups (broad SMARTS) is 1. The number of likely N-dealkylation sites (tertiary alicyclic amines) is 1. The van der Waals surface area contributed by atoms with Crippen LogP contribution in [0.25, 0.3) is 0 Å². The van der Waals surface area contributed by atoms with Crippen molar-refractivity contribution in [2.45, 2.75) is 36.2 Å². The summed E-state index contributed by atoms with van der Waals surface area (Å²) >= 11 is 1.70. The number of ether oxygens (including phenoxy) is 2. The van der Waals surface area contributed by atoms with Crippen molar-refractivity contribution in [3.05, 3.63) is 53.6 Å². The first-order valence-corrected chi connectivity index (χ1v) is 10.4. The number of thioether (sulfide) groups is 1. The third-order valence-electron chi connectivity index (χ3n) is 5.30. The molecule has 0 amide bonds. The van der Waals surface area contributed by atoms with E-state index >= 15 is 0 Å². The SMILES string of the molecule is CSc1ccc(C(c2ccc3c(c2)OCO3)N2CCCCC2C(=O)O)cc1. The first-order valence-electron chi connectivity index (χ1n) is 9.19. The quantitative estimate of drug-likeness (QED) is 0.780. The molecule has 5 nitrogen and oxygen atoms in total. The Morgan fingerprint density at radius 3 is 2.59 bits per heavy atom. The minimum Gasteiger partial charge on any atom is -0.480 e. The fraction of sp³-hybridized carbons (Fsp3) is 0.381. The molecule has 0 aliphatic carbocycles. The van der Waals surface area contributed by atoms with E-state index in [2.05, 4.69) is 35.4 Å². The van der Waals surface area contributed by atoms with E-state index in [0.717, 1.165) is 42.0 Å². The molecule has 6 heteroatoms. The third kappa shape index (κ3) is 3.64. The first-order chi connectivity index (χ1) is 13.2. The Kier molecular flexibility index (Phi) is 5.27. The van der Waals surface area contributed by atoms with Gasteiger partial charge in [0.1, 0.15) is 6.04 Å². The van der Waals surface area contributed by atoms with Crippen LogP contribution in [0, 0.1) is 0 Å². The number of hydrogen-bond acceptors (Lipinski definition) is 5. The minimum absolute atomic E-state index is 0.128. The van der Waals surface area contributed by atoms with Gasteiger partial charge in [0, 0.05) is 4.90 Å². The molecule has 0 aromatic heterocycles. The molecule has 2 aromatic carbocycles. The average Bonchev–Trinajstić information content (AvgIpc) is 3.17. The van der Waals surface area contributed by atoms with Crippen LogP contribution < -0.4 is 9.47 Å². The van der Waals surface area contributed by atoms with Crippen LogP contribution >= 0.6 is 11.8 Å². The molecule has 2 atom stereocenters. The maximum atomic E-state index is 11.9. The van der Waals surface area contributed by atoms with Crippen molar-refractivity contribution < 1.29 is 19.4 Å². The highest BCUT2D eigenvalue weighted by Gasteiger charge is 2.35. The topological polar surface area (TPSA) is 59.0 Å². The highest BCUT2D eigenvalue weighted by molar-refractivity contribution is 7.98. The molecule has 2 unspecified atom stereocenters. The standard InChI is InChI=1S/C21H23NO4S/c1-27-16-8-5-14(6-9-16)20(22-11-3-2-4-17(22)21(23)24)15-7-10-18-19(12-15)26-13-25-18/h5-10,12,17,20H,2-4,11,13H2,1H3,(H,23,24). The Bertz CT molecular complexity index is 823. The van der Waals surface area contributed by atoms with Gasteiger partial charge in [0.2, 0.25) is 6.79 Å². The largest absolute Gasteiger partial charge is 0.480 e. The van der Waals surface area contributed by atoms with E-state index in [1.165, 1.54) is 4.90 Å². The lowest BCUT2D eigenvalue weighted by molar-refractivity contribution is -0.145. The van der Waals surface area contributed by atoms with Crippen molar-refractivity contribution in [2.24, 2.45) is 0 Å². The molecule has 0 radical (unpaired) electrons. The maximum Gasteiger partial charge on any atom is 0.320 e. The number of fused-ring (bicyclic) bond motifs is 1. The van der Waals surface area contributed by atoms with E-state index in [9.17, 15) is 9.90 Å². The highest BCUT2D eigenvalue weighted by atomic mass is 32.2. The number of piperidine rings is 1. The van der Waals surface area contributed by atoms with Crippen molar-refractivity contribution in [3.63, 3.8) is 0 Å². The van der Waals surface area contributed by atoms with Gasteiger partial charge >= 0.3 is 5.97 Å². The van der Waals surface area contributed by atoms with Crippen LogP contribution in [0.1, 0.15) is 36.4 Å². The molecule has 0 bridgehead atoms. The van der Waals surface area contributed by atoms with Crippen molar-refractivity contribution in [2.75, 3.05) is 19.6 Å². The van der Waals surface area contributed by atoms with Gasteiger partial charge in [-0.2, -0.15) is 0 Å². The third-order valence-corrected chi connectivity index (χ3v) is 6.05. The van der Waals surface area contributed by atoms with E-state index in [1.54, 1.807) is 11.8 Å². The van der Waals surface area contributed by atoms with Gasteiger partial charge in [0.25, 0.3) is 0 Å². The Labute approximate surface area is 163 Å². The lowest BCUT2D eigenvalue weighted by Crippen LogP contribution is -2.46. The van der Waals surface area contributed by atoms with Crippen LogP contribution in [0.15, 0.2) is 47.4 Å². The summed E-state index contributed by atoms with van der Waals surface area (Å²) in [6.45, 7) is 0.994. The summed E-state index contributed by atoms with van der Waals surface area (Å²) in [5.74, 6) is 0.715. The summed E-state index contributed by atoms with van der Waals surface area (Å²) in [6.07, 6.45) is 4.69. The van der Waals surface area contributed by atoms with E-state index in [-0.39, 0.29) is 12.8 Å². The average molecular weight is 385 g/mol. The van der Waals surface area contributed by atoms with Crippen LogP contribution in [-0.2, 0) is 4.79 Å². The summed E-state index contributed by atoms with van der Waals surface area (Å²) in [5, 5.41) is 9.80. The highest BCUT2D eigenvalue weighted by Crippen LogP contribution is 2.40. The number of carboxylic acids is 1. The summed E-state index contributed by atoms with van der Waals surface area (Å²) in [4.78, 5) is 15.2. The van der Waals surface area contributed by atoms with Crippen LogP contribution in [0.4, 0.5) is 0 Å². The zero-order valence-corrected chi connectivity index (χ0v) is 16.1.